The summed E-state index contributed by atoms with van der Waals surface area (Å²) < 4.78 is 15.2. The van der Waals surface area contributed by atoms with E-state index in [-0.39, 0.29) is 17.5 Å². The molecule has 1 heterocycles. The second kappa shape index (κ2) is 6.84. The van der Waals surface area contributed by atoms with Gasteiger partial charge in [-0.15, -0.1) is 0 Å². The van der Waals surface area contributed by atoms with Crippen LogP contribution in [0.4, 0.5) is 4.39 Å². The lowest BCUT2D eigenvalue weighted by Crippen LogP contribution is -2.33. The molecular weight excluding hydrogens is 287 g/mol. The Hall–Kier alpha value is -2.70. The third-order valence-electron chi connectivity index (χ3n) is 3.12. The number of halogens is 1. The van der Waals surface area contributed by atoms with Crippen LogP contribution in [0.5, 0.6) is 0 Å². The average molecular weight is 304 g/mol. The minimum atomic E-state index is -0.411. The van der Waals surface area contributed by atoms with Crippen molar-refractivity contribution in [2.45, 2.75) is 13.8 Å². The molecule has 2 N–H and O–H groups in total. The molecule has 1 aromatic heterocycles. The van der Waals surface area contributed by atoms with E-state index in [2.05, 4.69) is 15.7 Å². The molecule has 0 radical (unpaired) electrons. The van der Waals surface area contributed by atoms with E-state index in [9.17, 15) is 14.0 Å². The van der Waals surface area contributed by atoms with Crippen molar-refractivity contribution in [2.75, 3.05) is 13.1 Å². The Kier molecular flexibility index (Phi) is 4.88. The molecule has 0 aliphatic carbocycles. The number of hydrogen-bond acceptors (Lipinski definition) is 3. The summed E-state index contributed by atoms with van der Waals surface area (Å²) in [5, 5.41) is 9.33. The predicted molar refractivity (Wildman–Crippen MR) is 79.3 cm³/mol. The highest BCUT2D eigenvalue weighted by Crippen LogP contribution is 2.16. The number of amides is 2. The van der Waals surface area contributed by atoms with Gasteiger partial charge < -0.3 is 10.6 Å². The summed E-state index contributed by atoms with van der Waals surface area (Å²) in [5.41, 5.74) is 1.20. The smallest absolute Gasteiger partial charge is 0.254 e. The monoisotopic (exact) mass is 304 g/mol. The zero-order valence-electron chi connectivity index (χ0n) is 12.4. The largest absolute Gasteiger partial charge is 0.355 e. The molecule has 2 amide bonds. The maximum atomic E-state index is 13.8. The lowest BCUT2D eigenvalue weighted by molar-refractivity contribution is -0.118. The van der Waals surface area contributed by atoms with E-state index in [1.165, 1.54) is 23.9 Å². The number of nitrogens with one attached hydrogen (secondary N) is 2. The van der Waals surface area contributed by atoms with Crippen LogP contribution in [0.15, 0.2) is 30.5 Å². The van der Waals surface area contributed by atoms with E-state index in [0.29, 0.717) is 24.3 Å². The highest BCUT2D eigenvalue weighted by atomic mass is 19.1. The Bertz CT molecular complexity index is 697. The predicted octanol–water partition coefficient (Wildman–Crippen LogP) is 1.19. The summed E-state index contributed by atoms with van der Waals surface area (Å²) in [5.74, 6) is -0.880. The zero-order chi connectivity index (χ0) is 16.1. The minimum absolute atomic E-state index is 0.155. The maximum absolute atomic E-state index is 13.8. The van der Waals surface area contributed by atoms with Crippen molar-refractivity contribution in [3.8, 4) is 5.69 Å². The molecule has 0 unspecified atom stereocenters. The normalized spacial score (nSPS) is 10.3. The highest BCUT2D eigenvalue weighted by molar-refractivity contribution is 5.95. The van der Waals surface area contributed by atoms with Crippen LogP contribution in [0.2, 0.25) is 0 Å². The lowest BCUT2D eigenvalue weighted by Gasteiger charge is -2.07. The molecule has 1 aromatic carbocycles. The van der Waals surface area contributed by atoms with Crippen LogP contribution < -0.4 is 10.6 Å². The molecule has 0 bridgehead atoms. The van der Waals surface area contributed by atoms with Crippen LogP contribution in [0.1, 0.15) is 23.0 Å². The van der Waals surface area contributed by atoms with Gasteiger partial charge in [-0.2, -0.15) is 5.10 Å². The Morgan fingerprint density at radius 1 is 1.23 bits per heavy atom. The van der Waals surface area contributed by atoms with Crippen LogP contribution in [0, 0.1) is 12.7 Å². The van der Waals surface area contributed by atoms with Crippen LogP contribution in [0.25, 0.3) is 5.69 Å². The Labute approximate surface area is 127 Å². The Morgan fingerprint density at radius 2 is 1.91 bits per heavy atom. The molecule has 22 heavy (non-hydrogen) atoms. The number of carbonyl (C=O) groups is 2. The van der Waals surface area contributed by atoms with Crippen molar-refractivity contribution >= 4 is 11.8 Å². The van der Waals surface area contributed by atoms with Crippen molar-refractivity contribution in [2.24, 2.45) is 0 Å². The number of benzene rings is 1. The number of rotatable bonds is 5. The van der Waals surface area contributed by atoms with Crippen molar-refractivity contribution in [1.29, 1.82) is 0 Å². The first-order valence-electron chi connectivity index (χ1n) is 6.83. The topological polar surface area (TPSA) is 76.0 Å². The molecule has 0 atom stereocenters. The van der Waals surface area contributed by atoms with Gasteiger partial charge in [-0.3, -0.25) is 9.59 Å². The van der Waals surface area contributed by atoms with E-state index in [0.717, 1.165) is 0 Å². The summed E-state index contributed by atoms with van der Waals surface area (Å²) in [4.78, 5) is 22.8. The zero-order valence-corrected chi connectivity index (χ0v) is 12.4. The van der Waals surface area contributed by atoms with Gasteiger partial charge in [0.1, 0.15) is 11.5 Å². The molecular formula is C15H17FN4O2. The van der Waals surface area contributed by atoms with Crippen LogP contribution in [0.3, 0.4) is 0 Å². The van der Waals surface area contributed by atoms with E-state index >= 15 is 0 Å². The number of nitrogens with zero attached hydrogens (tertiary/aromatic N) is 2. The summed E-state index contributed by atoms with van der Waals surface area (Å²) in [6, 6.07) is 6.22. The van der Waals surface area contributed by atoms with E-state index in [1.807, 2.05) is 0 Å². The second-order valence-corrected chi connectivity index (χ2v) is 4.75. The first-order valence-corrected chi connectivity index (χ1v) is 6.83. The van der Waals surface area contributed by atoms with Crippen LogP contribution >= 0.6 is 0 Å². The lowest BCUT2D eigenvalue weighted by atomic mass is 10.2. The first kappa shape index (κ1) is 15.7. The van der Waals surface area contributed by atoms with Crippen LogP contribution in [-0.2, 0) is 4.79 Å². The number of para-hydroxylation sites is 1. The van der Waals surface area contributed by atoms with Gasteiger partial charge in [-0.25, -0.2) is 9.07 Å². The summed E-state index contributed by atoms with van der Waals surface area (Å²) >= 11 is 0. The molecule has 0 aliphatic heterocycles. The molecule has 7 heteroatoms. The minimum Gasteiger partial charge on any atom is -0.355 e. The van der Waals surface area contributed by atoms with E-state index in [1.54, 1.807) is 25.1 Å². The summed E-state index contributed by atoms with van der Waals surface area (Å²) in [7, 11) is 0. The van der Waals surface area contributed by atoms with Gasteiger partial charge in [-0.1, -0.05) is 12.1 Å². The molecule has 0 aliphatic rings. The fraction of sp³-hybridized carbons (Fsp3) is 0.267. The maximum Gasteiger partial charge on any atom is 0.254 e. The fourth-order valence-corrected chi connectivity index (χ4v) is 2.01. The summed E-state index contributed by atoms with van der Waals surface area (Å²) in [6.07, 6.45) is 1.40. The van der Waals surface area contributed by atoms with Gasteiger partial charge in [0, 0.05) is 20.0 Å². The number of carbonyl (C=O) groups excluding carboxylic acids is 2. The summed E-state index contributed by atoms with van der Waals surface area (Å²) in [6.45, 7) is 3.76. The molecule has 0 spiro atoms. The van der Waals surface area contributed by atoms with Gasteiger partial charge in [0.25, 0.3) is 5.91 Å². The standard InChI is InChI=1S/C15H17FN4O2/c1-10-12(15(22)18-8-7-17-11(2)21)9-19-20(10)14-6-4-3-5-13(14)16/h3-6,9H,7-8H2,1-2H3,(H,17,21)(H,18,22). The van der Waals surface area contributed by atoms with Gasteiger partial charge in [0.05, 0.1) is 17.5 Å². The molecule has 2 rings (SSSR count). The molecule has 6 nitrogen and oxygen atoms in total. The third-order valence-corrected chi connectivity index (χ3v) is 3.12. The van der Waals surface area contributed by atoms with E-state index in [4.69, 9.17) is 0 Å². The van der Waals surface area contributed by atoms with Gasteiger partial charge in [-0.05, 0) is 19.1 Å². The molecule has 0 fully saturated rings. The average Bonchev–Trinajstić information content (AvgIpc) is 2.85. The van der Waals surface area contributed by atoms with Crippen molar-refractivity contribution < 1.29 is 14.0 Å². The molecule has 2 aromatic rings. The van der Waals surface area contributed by atoms with Crippen molar-refractivity contribution in [3.05, 3.63) is 47.5 Å². The quantitative estimate of drug-likeness (QED) is 0.815. The van der Waals surface area contributed by atoms with Crippen molar-refractivity contribution in [3.63, 3.8) is 0 Å². The molecule has 116 valence electrons. The highest BCUT2D eigenvalue weighted by Gasteiger charge is 2.16. The Morgan fingerprint density at radius 3 is 2.59 bits per heavy atom. The molecule has 0 saturated heterocycles. The first-order chi connectivity index (χ1) is 10.5. The SMILES string of the molecule is CC(=O)NCCNC(=O)c1cnn(-c2ccccc2F)c1C. The molecule has 0 saturated carbocycles. The van der Waals surface area contributed by atoms with Gasteiger partial charge >= 0.3 is 0 Å². The van der Waals surface area contributed by atoms with Gasteiger partial charge in [0.2, 0.25) is 5.91 Å². The fourth-order valence-electron chi connectivity index (χ4n) is 2.01. The van der Waals surface area contributed by atoms with E-state index < -0.39 is 5.82 Å². The third kappa shape index (κ3) is 3.49. The van der Waals surface area contributed by atoms with Crippen LogP contribution in [-0.4, -0.2) is 34.7 Å². The van der Waals surface area contributed by atoms with Crippen molar-refractivity contribution in [1.82, 2.24) is 20.4 Å². The van der Waals surface area contributed by atoms with Gasteiger partial charge in [0.15, 0.2) is 0 Å². The second-order valence-electron chi connectivity index (χ2n) is 4.75. The number of hydrogen-bond donors (Lipinski definition) is 2. The Balaban J connectivity index is 2.09. The number of aromatic nitrogens is 2.